The van der Waals surface area contributed by atoms with E-state index in [1.165, 1.54) is 0 Å². The molecule has 1 aliphatic heterocycles. The van der Waals surface area contributed by atoms with Crippen LogP contribution in [0.3, 0.4) is 0 Å². The minimum atomic E-state index is 0.138. The number of ketones is 1. The van der Waals surface area contributed by atoms with E-state index >= 15 is 0 Å². The summed E-state index contributed by atoms with van der Waals surface area (Å²) in [6, 6.07) is 0. The molecule has 2 heterocycles. The lowest BCUT2D eigenvalue weighted by Crippen LogP contribution is -2.39. The highest BCUT2D eigenvalue weighted by Gasteiger charge is 2.24. The van der Waals surface area contributed by atoms with Gasteiger partial charge in [-0.3, -0.25) is 9.69 Å². The van der Waals surface area contributed by atoms with Gasteiger partial charge in [-0.2, -0.15) is 0 Å². The highest BCUT2D eigenvalue weighted by molar-refractivity contribution is 5.81. The van der Waals surface area contributed by atoms with Gasteiger partial charge in [0, 0.05) is 32.0 Å². The van der Waals surface area contributed by atoms with Crippen LogP contribution in [-0.2, 0) is 11.3 Å². The Hall–Kier alpha value is -1.23. The summed E-state index contributed by atoms with van der Waals surface area (Å²) >= 11 is 0. The van der Waals surface area contributed by atoms with Crippen LogP contribution >= 0.6 is 0 Å². The second-order valence-corrected chi connectivity index (χ2v) is 4.15. The lowest BCUT2D eigenvalue weighted by molar-refractivity contribution is -0.125. The van der Waals surface area contributed by atoms with Gasteiger partial charge in [0.05, 0.1) is 0 Å². The molecule has 0 N–H and O–H groups in total. The van der Waals surface area contributed by atoms with Gasteiger partial charge in [0.2, 0.25) is 0 Å². The molecule has 15 heavy (non-hydrogen) atoms. The molecule has 0 aliphatic carbocycles. The molecule has 2 rings (SSSR count). The minimum absolute atomic E-state index is 0.138. The van der Waals surface area contributed by atoms with Crippen LogP contribution in [0, 0.1) is 12.8 Å². The van der Waals surface area contributed by atoms with E-state index in [1.54, 1.807) is 0 Å². The van der Waals surface area contributed by atoms with Gasteiger partial charge >= 0.3 is 0 Å². The Morgan fingerprint density at radius 2 is 2.33 bits per heavy atom. The molecule has 0 spiro atoms. The molecule has 1 fully saturated rings. The molecule has 5 heteroatoms. The monoisotopic (exact) mass is 209 g/mol. The molecule has 0 aromatic carbocycles. The Labute approximate surface area is 88.4 Å². The third-order valence-corrected chi connectivity index (χ3v) is 2.88. The van der Waals surface area contributed by atoms with Crippen molar-refractivity contribution in [3.63, 3.8) is 0 Å². The first kappa shape index (κ1) is 10.3. The van der Waals surface area contributed by atoms with Crippen LogP contribution in [0.15, 0.2) is 4.63 Å². The van der Waals surface area contributed by atoms with Gasteiger partial charge in [-0.25, -0.2) is 4.63 Å². The normalized spacial score (nSPS) is 23.3. The van der Waals surface area contributed by atoms with Crippen LogP contribution in [0.4, 0.5) is 0 Å². The summed E-state index contributed by atoms with van der Waals surface area (Å²) in [4.78, 5) is 13.6. The number of rotatable bonds is 2. The maximum Gasteiger partial charge on any atom is 0.138 e. The second kappa shape index (κ2) is 4.10. The largest absolute Gasteiger partial charge is 0.299 e. The number of likely N-dealkylation sites (tertiary alicyclic amines) is 1. The Bertz CT molecular complexity index is 361. The second-order valence-electron chi connectivity index (χ2n) is 4.15. The van der Waals surface area contributed by atoms with Crippen molar-refractivity contribution in [2.45, 2.75) is 26.8 Å². The molecule has 1 saturated heterocycles. The Balaban J connectivity index is 1.96. The third kappa shape index (κ3) is 2.23. The average molecular weight is 209 g/mol. The molecule has 0 bridgehead atoms. The van der Waals surface area contributed by atoms with Crippen molar-refractivity contribution in [2.75, 3.05) is 13.1 Å². The van der Waals surface area contributed by atoms with Crippen LogP contribution in [0.1, 0.15) is 24.7 Å². The molecule has 1 aromatic heterocycles. The molecular weight excluding hydrogens is 194 g/mol. The van der Waals surface area contributed by atoms with E-state index in [-0.39, 0.29) is 5.92 Å². The van der Waals surface area contributed by atoms with E-state index in [0.717, 1.165) is 31.0 Å². The molecule has 1 aromatic rings. The highest BCUT2D eigenvalue weighted by Crippen LogP contribution is 2.15. The standard InChI is InChI=1S/C10H15N3O2/c1-7-5-13(4-3-10(7)14)6-9-8(2)11-15-12-9/h7H,3-6H2,1-2H3. The number of Topliss-reactive ketones (excluding diaryl/α,β-unsaturated/α-hetero) is 1. The van der Waals surface area contributed by atoms with Crippen molar-refractivity contribution in [2.24, 2.45) is 5.92 Å². The number of aryl methyl sites for hydroxylation is 1. The summed E-state index contributed by atoms with van der Waals surface area (Å²) in [5.41, 5.74) is 1.70. The first-order chi connectivity index (χ1) is 7.16. The van der Waals surface area contributed by atoms with Crippen LogP contribution in [0.5, 0.6) is 0 Å². The van der Waals surface area contributed by atoms with Crippen molar-refractivity contribution < 1.29 is 9.42 Å². The average Bonchev–Trinajstić information content (AvgIpc) is 2.59. The predicted octanol–water partition coefficient (Wildman–Crippen LogP) is 0.789. The van der Waals surface area contributed by atoms with E-state index in [4.69, 9.17) is 0 Å². The first-order valence-corrected chi connectivity index (χ1v) is 5.20. The smallest absolute Gasteiger partial charge is 0.138 e. The van der Waals surface area contributed by atoms with Gasteiger partial charge in [-0.15, -0.1) is 0 Å². The maximum absolute atomic E-state index is 11.3. The zero-order valence-electron chi connectivity index (χ0n) is 9.06. The number of hydrogen-bond donors (Lipinski definition) is 0. The van der Waals surface area contributed by atoms with E-state index < -0.39 is 0 Å². The molecule has 0 saturated carbocycles. The van der Waals surface area contributed by atoms with Gasteiger partial charge in [-0.05, 0) is 6.92 Å². The summed E-state index contributed by atoms with van der Waals surface area (Å²) in [5.74, 6) is 0.500. The van der Waals surface area contributed by atoms with Gasteiger partial charge < -0.3 is 0 Å². The molecule has 82 valence electrons. The van der Waals surface area contributed by atoms with E-state index in [1.807, 2.05) is 13.8 Å². The van der Waals surface area contributed by atoms with Crippen molar-refractivity contribution in [3.8, 4) is 0 Å². The van der Waals surface area contributed by atoms with E-state index in [2.05, 4.69) is 19.8 Å². The van der Waals surface area contributed by atoms with Gasteiger partial charge in [0.1, 0.15) is 17.2 Å². The Morgan fingerprint density at radius 1 is 1.53 bits per heavy atom. The summed E-state index contributed by atoms with van der Waals surface area (Å²) in [5, 5.41) is 7.58. The summed E-state index contributed by atoms with van der Waals surface area (Å²) in [7, 11) is 0. The molecule has 1 unspecified atom stereocenters. The predicted molar refractivity (Wildman–Crippen MR) is 53.1 cm³/mol. The van der Waals surface area contributed by atoms with Crippen molar-refractivity contribution in [1.29, 1.82) is 0 Å². The fourth-order valence-corrected chi connectivity index (χ4v) is 1.84. The summed E-state index contributed by atoms with van der Waals surface area (Å²) in [6.07, 6.45) is 0.644. The maximum atomic E-state index is 11.3. The number of carbonyl (C=O) groups excluding carboxylic acids is 1. The number of piperidine rings is 1. The van der Waals surface area contributed by atoms with E-state index in [0.29, 0.717) is 12.2 Å². The zero-order valence-corrected chi connectivity index (χ0v) is 9.06. The van der Waals surface area contributed by atoms with Crippen molar-refractivity contribution in [3.05, 3.63) is 11.4 Å². The van der Waals surface area contributed by atoms with Crippen molar-refractivity contribution in [1.82, 2.24) is 15.2 Å². The van der Waals surface area contributed by atoms with Crippen LogP contribution in [0.25, 0.3) is 0 Å². The molecular formula is C10H15N3O2. The molecule has 1 aliphatic rings. The minimum Gasteiger partial charge on any atom is -0.299 e. The van der Waals surface area contributed by atoms with Gasteiger partial charge in [0.15, 0.2) is 0 Å². The topological polar surface area (TPSA) is 59.2 Å². The van der Waals surface area contributed by atoms with Crippen molar-refractivity contribution >= 4 is 5.78 Å². The van der Waals surface area contributed by atoms with E-state index in [9.17, 15) is 4.79 Å². The fraction of sp³-hybridized carbons (Fsp3) is 0.700. The SMILES string of the molecule is Cc1nonc1CN1CCC(=O)C(C)C1. The first-order valence-electron chi connectivity index (χ1n) is 5.20. The zero-order chi connectivity index (χ0) is 10.8. The van der Waals surface area contributed by atoms with Crippen LogP contribution in [-0.4, -0.2) is 34.1 Å². The number of nitrogens with zero attached hydrogens (tertiary/aromatic N) is 3. The lowest BCUT2D eigenvalue weighted by Gasteiger charge is -2.29. The summed E-state index contributed by atoms with van der Waals surface area (Å²) in [6.45, 7) is 6.21. The molecule has 1 atom stereocenters. The molecule has 5 nitrogen and oxygen atoms in total. The molecule has 0 radical (unpaired) electrons. The highest BCUT2D eigenvalue weighted by atomic mass is 16.6. The van der Waals surface area contributed by atoms with Crippen LogP contribution in [0.2, 0.25) is 0 Å². The summed E-state index contributed by atoms with van der Waals surface area (Å²) < 4.78 is 4.64. The third-order valence-electron chi connectivity index (χ3n) is 2.88. The lowest BCUT2D eigenvalue weighted by atomic mass is 9.98. The van der Waals surface area contributed by atoms with Gasteiger partial charge in [0.25, 0.3) is 0 Å². The van der Waals surface area contributed by atoms with Gasteiger partial charge in [-0.1, -0.05) is 17.2 Å². The number of hydrogen-bond acceptors (Lipinski definition) is 5. The fourth-order valence-electron chi connectivity index (χ4n) is 1.84. The molecule has 0 amide bonds. The Kier molecular flexibility index (Phi) is 2.81. The quantitative estimate of drug-likeness (QED) is 0.720. The van der Waals surface area contributed by atoms with Crippen LogP contribution < -0.4 is 0 Å². The number of aromatic nitrogens is 2. The number of carbonyl (C=O) groups is 1. The Morgan fingerprint density at radius 3 is 2.93 bits per heavy atom.